The second-order valence-electron chi connectivity index (χ2n) is 9.22. The van der Waals surface area contributed by atoms with Gasteiger partial charge in [-0.15, -0.1) is 0 Å². The van der Waals surface area contributed by atoms with Crippen molar-refractivity contribution in [2.45, 2.75) is 44.7 Å². The largest absolute Gasteiger partial charge is 0.497 e. The summed E-state index contributed by atoms with van der Waals surface area (Å²) in [6.45, 7) is 1.54. The van der Waals surface area contributed by atoms with Gasteiger partial charge in [0.1, 0.15) is 11.5 Å². The zero-order valence-electron chi connectivity index (χ0n) is 20.3. The van der Waals surface area contributed by atoms with Gasteiger partial charge in [0.2, 0.25) is 0 Å². The number of nitrogens with zero attached hydrogens (tertiary/aromatic N) is 3. The van der Waals surface area contributed by atoms with Gasteiger partial charge < -0.3 is 14.4 Å². The summed E-state index contributed by atoms with van der Waals surface area (Å²) in [5.74, 6) is 1.05. The Labute approximate surface area is 207 Å². The van der Waals surface area contributed by atoms with Crippen LogP contribution >= 0.6 is 0 Å². The smallest absolute Gasteiger partial charge is 0.418 e. The number of ether oxygens (including phenoxy) is 2. The first kappa shape index (κ1) is 24.2. The molecule has 0 amide bonds. The molecule has 0 spiro atoms. The number of anilines is 1. The van der Waals surface area contributed by atoms with E-state index in [4.69, 9.17) is 9.47 Å². The maximum absolute atomic E-state index is 14.1. The Kier molecular flexibility index (Phi) is 6.40. The molecule has 1 saturated heterocycles. The van der Waals surface area contributed by atoms with E-state index in [0.717, 1.165) is 55.1 Å². The van der Waals surface area contributed by atoms with Gasteiger partial charge in [0.15, 0.2) is 0 Å². The fraction of sp³-hybridized carbons (Fsp3) is 0.407. The fourth-order valence-corrected chi connectivity index (χ4v) is 5.20. The Morgan fingerprint density at radius 2 is 1.53 bits per heavy atom. The van der Waals surface area contributed by atoms with Gasteiger partial charge in [-0.1, -0.05) is 0 Å². The van der Waals surface area contributed by atoms with Crippen molar-refractivity contribution in [2.24, 2.45) is 0 Å². The van der Waals surface area contributed by atoms with Crippen LogP contribution in [0.15, 0.2) is 41.2 Å². The van der Waals surface area contributed by atoms with Crippen LogP contribution in [-0.4, -0.2) is 37.1 Å². The number of piperidine rings is 1. The van der Waals surface area contributed by atoms with E-state index in [1.807, 2.05) is 0 Å². The number of halogens is 3. The Morgan fingerprint density at radius 3 is 2.17 bits per heavy atom. The van der Waals surface area contributed by atoms with Gasteiger partial charge in [0.05, 0.1) is 31.2 Å². The third-order valence-electron chi connectivity index (χ3n) is 7.02. The van der Waals surface area contributed by atoms with E-state index in [9.17, 15) is 18.0 Å². The molecule has 3 aromatic rings. The van der Waals surface area contributed by atoms with Crippen LogP contribution in [0.4, 0.5) is 18.9 Å². The molecule has 190 valence electrons. The molecule has 36 heavy (non-hydrogen) atoms. The first-order chi connectivity index (χ1) is 17.3. The molecule has 0 radical (unpaired) electrons. The lowest BCUT2D eigenvalue weighted by molar-refractivity contribution is -0.137. The topological polar surface area (TPSA) is 56.6 Å². The molecule has 1 fully saturated rings. The van der Waals surface area contributed by atoms with E-state index < -0.39 is 17.3 Å². The summed E-state index contributed by atoms with van der Waals surface area (Å²) in [6, 6.07) is 9.24. The maximum Gasteiger partial charge on any atom is 0.418 e. The number of alkyl halides is 3. The van der Waals surface area contributed by atoms with Gasteiger partial charge in [-0.25, -0.2) is 0 Å². The zero-order valence-corrected chi connectivity index (χ0v) is 20.3. The lowest BCUT2D eigenvalue weighted by Gasteiger charge is -2.29. The van der Waals surface area contributed by atoms with Gasteiger partial charge in [0, 0.05) is 36.0 Å². The average Bonchev–Trinajstić information content (AvgIpc) is 3.39. The quantitative estimate of drug-likeness (QED) is 0.470. The van der Waals surface area contributed by atoms with Crippen LogP contribution < -0.4 is 19.9 Å². The van der Waals surface area contributed by atoms with E-state index in [-0.39, 0.29) is 5.69 Å². The SMILES string of the molecule is COc1cc(OC)cc(-c2nn(-c3cc(N4CCCCC4)ccc3C(F)(F)F)c(=O)c3c2CCC3)c1. The zero-order chi connectivity index (χ0) is 25.4. The minimum Gasteiger partial charge on any atom is -0.497 e. The molecule has 5 rings (SSSR count). The summed E-state index contributed by atoms with van der Waals surface area (Å²) in [7, 11) is 3.05. The van der Waals surface area contributed by atoms with Crippen molar-refractivity contribution >= 4 is 5.69 Å². The van der Waals surface area contributed by atoms with Gasteiger partial charge in [-0.3, -0.25) is 4.79 Å². The van der Waals surface area contributed by atoms with E-state index in [1.54, 1.807) is 18.2 Å². The number of rotatable bonds is 5. The maximum atomic E-state index is 14.1. The van der Waals surface area contributed by atoms with Crippen molar-refractivity contribution in [2.75, 3.05) is 32.2 Å². The van der Waals surface area contributed by atoms with Crippen LogP contribution in [0.5, 0.6) is 11.5 Å². The van der Waals surface area contributed by atoms with Crippen molar-refractivity contribution in [3.05, 3.63) is 63.4 Å². The van der Waals surface area contributed by atoms with Gasteiger partial charge >= 0.3 is 6.18 Å². The Morgan fingerprint density at radius 1 is 0.861 bits per heavy atom. The molecule has 0 saturated carbocycles. The van der Waals surface area contributed by atoms with E-state index in [2.05, 4.69) is 10.00 Å². The van der Waals surface area contributed by atoms with Gasteiger partial charge in [-0.05, 0) is 74.4 Å². The van der Waals surface area contributed by atoms with Crippen molar-refractivity contribution < 1.29 is 22.6 Å². The molecule has 1 aliphatic carbocycles. The molecule has 1 aliphatic heterocycles. The second-order valence-corrected chi connectivity index (χ2v) is 9.22. The molecule has 0 unspecified atom stereocenters. The second kappa shape index (κ2) is 9.52. The average molecular weight is 500 g/mol. The molecule has 9 heteroatoms. The van der Waals surface area contributed by atoms with Crippen molar-refractivity contribution in [3.8, 4) is 28.4 Å². The lowest BCUT2D eigenvalue weighted by atomic mass is 10.0. The summed E-state index contributed by atoms with van der Waals surface area (Å²) in [6.07, 6.45) is 0.290. The van der Waals surface area contributed by atoms with Crippen LogP contribution in [-0.2, 0) is 19.0 Å². The Bertz CT molecular complexity index is 1320. The first-order valence-corrected chi connectivity index (χ1v) is 12.1. The number of aromatic nitrogens is 2. The Balaban J connectivity index is 1.75. The number of hydrogen-bond acceptors (Lipinski definition) is 5. The van der Waals surface area contributed by atoms with Crippen molar-refractivity contribution in [3.63, 3.8) is 0 Å². The minimum absolute atomic E-state index is 0.249. The molecule has 2 heterocycles. The highest BCUT2D eigenvalue weighted by molar-refractivity contribution is 5.69. The van der Waals surface area contributed by atoms with E-state index in [1.165, 1.54) is 26.4 Å². The van der Waals surface area contributed by atoms with Gasteiger partial charge in [-0.2, -0.15) is 23.0 Å². The summed E-state index contributed by atoms with van der Waals surface area (Å²) < 4.78 is 54.2. The van der Waals surface area contributed by atoms with Crippen LogP contribution in [0.2, 0.25) is 0 Å². The van der Waals surface area contributed by atoms with Crippen LogP contribution in [0.1, 0.15) is 42.4 Å². The minimum atomic E-state index is -4.64. The molecule has 0 atom stereocenters. The van der Waals surface area contributed by atoms with Crippen molar-refractivity contribution in [1.29, 1.82) is 0 Å². The predicted molar refractivity (Wildman–Crippen MR) is 131 cm³/mol. The molecular formula is C27H28F3N3O3. The number of benzene rings is 2. The molecule has 6 nitrogen and oxygen atoms in total. The van der Waals surface area contributed by atoms with E-state index >= 15 is 0 Å². The molecule has 0 bridgehead atoms. The highest BCUT2D eigenvalue weighted by atomic mass is 19.4. The molecule has 1 aromatic heterocycles. The molecule has 2 aliphatic rings. The normalized spacial score (nSPS) is 15.6. The highest BCUT2D eigenvalue weighted by Gasteiger charge is 2.36. The summed E-state index contributed by atoms with van der Waals surface area (Å²) in [5, 5.41) is 4.57. The molecule has 2 aromatic carbocycles. The first-order valence-electron chi connectivity index (χ1n) is 12.1. The standard InChI is InChI=1S/C27H28F3N3O3/c1-35-19-13-17(14-20(16-19)36-2)25-21-7-6-8-22(21)26(34)33(31-25)24-15-18(32-11-4-3-5-12-32)9-10-23(24)27(28,29)30/h9-10,13-16H,3-8,11-12H2,1-2H3. The number of fused-ring (bicyclic) bond motifs is 1. The Hall–Kier alpha value is -3.49. The third kappa shape index (κ3) is 4.42. The molecule has 0 N–H and O–H groups in total. The van der Waals surface area contributed by atoms with Crippen LogP contribution in [0.25, 0.3) is 16.9 Å². The number of hydrogen-bond donors (Lipinski definition) is 0. The summed E-state index contributed by atoms with van der Waals surface area (Å²) >= 11 is 0. The van der Waals surface area contributed by atoms with Crippen molar-refractivity contribution in [1.82, 2.24) is 9.78 Å². The molecular weight excluding hydrogens is 471 g/mol. The summed E-state index contributed by atoms with van der Waals surface area (Å²) in [4.78, 5) is 15.6. The monoisotopic (exact) mass is 499 g/mol. The summed E-state index contributed by atoms with van der Waals surface area (Å²) in [5.41, 5.74) is 1.41. The lowest BCUT2D eigenvalue weighted by Crippen LogP contribution is -2.31. The number of methoxy groups -OCH3 is 2. The fourth-order valence-electron chi connectivity index (χ4n) is 5.20. The van der Waals surface area contributed by atoms with Crippen LogP contribution in [0, 0.1) is 0 Å². The highest BCUT2D eigenvalue weighted by Crippen LogP contribution is 2.38. The van der Waals surface area contributed by atoms with Crippen LogP contribution in [0.3, 0.4) is 0 Å². The van der Waals surface area contributed by atoms with Gasteiger partial charge in [0.25, 0.3) is 5.56 Å². The third-order valence-corrected chi connectivity index (χ3v) is 7.02. The van der Waals surface area contributed by atoms with E-state index in [0.29, 0.717) is 46.8 Å². The predicted octanol–water partition coefficient (Wildman–Crippen LogP) is 5.41.